The van der Waals surface area contributed by atoms with Crippen molar-refractivity contribution in [1.82, 2.24) is 24.9 Å². The zero-order chi connectivity index (χ0) is 20.7. The van der Waals surface area contributed by atoms with Gasteiger partial charge in [-0.3, -0.25) is 4.68 Å². The van der Waals surface area contributed by atoms with Crippen LogP contribution in [-0.4, -0.2) is 43.2 Å². The van der Waals surface area contributed by atoms with Gasteiger partial charge in [-0.1, -0.05) is 47.1 Å². The molecule has 4 heterocycles. The molecule has 0 unspecified atom stereocenters. The maximum atomic E-state index is 10.3. The molecule has 0 atom stereocenters. The molecule has 4 aromatic rings. The number of pyridine rings is 1. The summed E-state index contributed by atoms with van der Waals surface area (Å²) in [6.45, 7) is 3.15. The summed E-state index contributed by atoms with van der Waals surface area (Å²) in [7, 11) is 0. The molecule has 1 N–H and O–H groups in total. The summed E-state index contributed by atoms with van der Waals surface area (Å²) < 4.78 is 12.4. The number of benzene rings is 1. The van der Waals surface area contributed by atoms with Crippen LogP contribution in [0.15, 0.2) is 53.2 Å². The number of nitrogens with zero attached hydrogens (tertiary/aromatic N) is 5. The highest BCUT2D eigenvalue weighted by Crippen LogP contribution is 2.31. The van der Waals surface area contributed by atoms with Crippen LogP contribution >= 0.6 is 11.6 Å². The van der Waals surface area contributed by atoms with Crippen molar-refractivity contribution < 1.29 is 14.4 Å². The quantitative estimate of drug-likeness (QED) is 0.492. The fourth-order valence-corrected chi connectivity index (χ4v) is 3.40. The Bertz CT molecular complexity index is 1180. The summed E-state index contributed by atoms with van der Waals surface area (Å²) in [5, 5.41) is 19.5. The zero-order valence-corrected chi connectivity index (χ0v) is 16.9. The van der Waals surface area contributed by atoms with Crippen LogP contribution in [0.5, 0.6) is 0 Å². The third-order valence-electron chi connectivity index (χ3n) is 5.11. The smallest absolute Gasteiger partial charge is 0.278 e. The van der Waals surface area contributed by atoms with Crippen LogP contribution < -0.4 is 0 Å². The third-order valence-corrected chi connectivity index (χ3v) is 5.33. The molecule has 0 spiro atoms. The lowest BCUT2D eigenvalue weighted by Gasteiger charge is -2.36. The Hall–Kier alpha value is -3.07. The molecule has 0 aliphatic carbocycles. The number of aromatic nitrogens is 5. The van der Waals surface area contributed by atoms with E-state index in [1.807, 2.05) is 48.0 Å². The highest BCUT2D eigenvalue weighted by Gasteiger charge is 2.37. The molecule has 0 saturated carbocycles. The van der Waals surface area contributed by atoms with Crippen molar-refractivity contribution in [3.63, 3.8) is 0 Å². The summed E-state index contributed by atoms with van der Waals surface area (Å²) in [6.07, 6.45) is 1.73. The van der Waals surface area contributed by atoms with Crippen LogP contribution in [0.3, 0.4) is 0 Å². The average molecular weight is 424 g/mol. The first-order chi connectivity index (χ1) is 14.5. The molecule has 1 fully saturated rings. The zero-order valence-electron chi connectivity index (χ0n) is 16.1. The van der Waals surface area contributed by atoms with Crippen LogP contribution in [0.4, 0.5) is 0 Å². The van der Waals surface area contributed by atoms with E-state index in [0.29, 0.717) is 42.3 Å². The van der Waals surface area contributed by atoms with Gasteiger partial charge in [-0.15, -0.1) is 0 Å². The maximum absolute atomic E-state index is 10.3. The SMILES string of the molecule is Cc1cc(-c2nc(-c3ccc(C4(O)COC4)cc3)no2)nn1Cc1ccc(Cl)nc1. The van der Waals surface area contributed by atoms with E-state index >= 15 is 0 Å². The number of hydrogen-bond donors (Lipinski definition) is 1. The Morgan fingerprint density at radius 2 is 1.97 bits per heavy atom. The van der Waals surface area contributed by atoms with Gasteiger partial charge in [-0.05, 0) is 30.2 Å². The van der Waals surface area contributed by atoms with Gasteiger partial charge in [0.1, 0.15) is 10.8 Å². The van der Waals surface area contributed by atoms with Gasteiger partial charge in [0.2, 0.25) is 5.82 Å². The molecule has 1 aromatic carbocycles. The van der Waals surface area contributed by atoms with E-state index in [9.17, 15) is 5.11 Å². The second-order valence-electron chi connectivity index (χ2n) is 7.34. The van der Waals surface area contributed by atoms with Gasteiger partial charge in [0, 0.05) is 17.5 Å². The maximum Gasteiger partial charge on any atom is 0.278 e. The lowest BCUT2D eigenvalue weighted by atomic mass is 9.91. The second-order valence-corrected chi connectivity index (χ2v) is 7.73. The minimum absolute atomic E-state index is 0.312. The molecule has 3 aromatic heterocycles. The van der Waals surface area contributed by atoms with E-state index in [0.717, 1.165) is 22.4 Å². The van der Waals surface area contributed by atoms with Crippen molar-refractivity contribution in [2.24, 2.45) is 0 Å². The third kappa shape index (κ3) is 3.49. The topological polar surface area (TPSA) is 99.1 Å². The van der Waals surface area contributed by atoms with E-state index < -0.39 is 5.60 Å². The lowest BCUT2D eigenvalue weighted by Crippen LogP contribution is -2.46. The van der Waals surface area contributed by atoms with Crippen LogP contribution in [0.2, 0.25) is 5.15 Å². The predicted molar refractivity (Wildman–Crippen MR) is 109 cm³/mol. The van der Waals surface area contributed by atoms with Gasteiger partial charge < -0.3 is 14.4 Å². The Labute approximate surface area is 177 Å². The standard InChI is InChI=1S/C21H18ClN5O3/c1-13-8-17(25-27(13)10-14-2-7-18(22)23-9-14)20-24-19(26-30-20)15-3-5-16(6-4-15)21(28)11-29-12-21/h2-9,28H,10-12H2,1H3. The van der Waals surface area contributed by atoms with Gasteiger partial charge in [0.15, 0.2) is 5.69 Å². The molecule has 30 heavy (non-hydrogen) atoms. The molecular weight excluding hydrogens is 406 g/mol. The number of aryl methyl sites for hydroxylation is 1. The average Bonchev–Trinajstić information content (AvgIpc) is 3.35. The van der Waals surface area contributed by atoms with Crippen molar-refractivity contribution in [3.8, 4) is 23.0 Å². The molecule has 1 aliphatic heterocycles. The van der Waals surface area contributed by atoms with Gasteiger partial charge in [0.25, 0.3) is 5.89 Å². The molecule has 8 nitrogen and oxygen atoms in total. The monoisotopic (exact) mass is 423 g/mol. The molecular formula is C21H18ClN5O3. The lowest BCUT2D eigenvalue weighted by molar-refractivity contribution is -0.184. The largest absolute Gasteiger partial charge is 0.380 e. The van der Waals surface area contributed by atoms with Crippen LogP contribution in [0.25, 0.3) is 23.0 Å². The molecule has 152 valence electrons. The number of rotatable bonds is 5. The molecule has 0 bridgehead atoms. The van der Waals surface area contributed by atoms with Crippen LogP contribution in [0, 0.1) is 6.92 Å². The van der Waals surface area contributed by atoms with Gasteiger partial charge >= 0.3 is 0 Å². The molecule has 1 aliphatic rings. The first-order valence-electron chi connectivity index (χ1n) is 9.40. The minimum atomic E-state index is -0.898. The summed E-state index contributed by atoms with van der Waals surface area (Å²) >= 11 is 5.84. The summed E-state index contributed by atoms with van der Waals surface area (Å²) in [5.74, 6) is 0.804. The minimum Gasteiger partial charge on any atom is -0.380 e. The van der Waals surface area contributed by atoms with Crippen molar-refractivity contribution in [2.45, 2.75) is 19.1 Å². The van der Waals surface area contributed by atoms with E-state index in [2.05, 4.69) is 20.2 Å². The van der Waals surface area contributed by atoms with E-state index in [4.69, 9.17) is 20.9 Å². The van der Waals surface area contributed by atoms with Crippen molar-refractivity contribution in [2.75, 3.05) is 13.2 Å². The van der Waals surface area contributed by atoms with Crippen molar-refractivity contribution in [3.05, 3.63) is 70.6 Å². The normalized spacial score (nSPS) is 15.2. The highest BCUT2D eigenvalue weighted by atomic mass is 35.5. The van der Waals surface area contributed by atoms with Gasteiger partial charge in [0.05, 0.1) is 19.8 Å². The number of halogens is 1. The summed E-state index contributed by atoms with van der Waals surface area (Å²) in [5.41, 5.74) is 3.26. The van der Waals surface area contributed by atoms with Crippen molar-refractivity contribution >= 4 is 11.6 Å². The highest BCUT2D eigenvalue weighted by molar-refractivity contribution is 6.29. The fraction of sp³-hybridized carbons (Fsp3) is 0.238. The number of hydrogen-bond acceptors (Lipinski definition) is 7. The molecule has 0 amide bonds. The fourth-order valence-electron chi connectivity index (χ4n) is 3.28. The summed E-state index contributed by atoms with van der Waals surface area (Å²) in [4.78, 5) is 8.58. The Morgan fingerprint density at radius 3 is 2.63 bits per heavy atom. The molecule has 5 rings (SSSR count). The van der Waals surface area contributed by atoms with Crippen LogP contribution in [0.1, 0.15) is 16.8 Å². The first kappa shape index (κ1) is 18.9. The van der Waals surface area contributed by atoms with E-state index in [-0.39, 0.29) is 0 Å². The Kier molecular flexibility index (Phi) is 4.62. The number of aliphatic hydroxyl groups is 1. The van der Waals surface area contributed by atoms with Crippen LogP contribution in [-0.2, 0) is 16.9 Å². The Balaban J connectivity index is 1.36. The van der Waals surface area contributed by atoms with E-state index in [1.54, 1.807) is 12.3 Å². The molecule has 1 saturated heterocycles. The molecule has 0 radical (unpaired) electrons. The second kappa shape index (κ2) is 7.32. The predicted octanol–water partition coefficient (Wildman–Crippen LogP) is 3.22. The van der Waals surface area contributed by atoms with Crippen molar-refractivity contribution in [1.29, 1.82) is 0 Å². The Morgan fingerprint density at radius 1 is 1.17 bits per heavy atom. The van der Waals surface area contributed by atoms with Gasteiger partial charge in [-0.2, -0.15) is 10.1 Å². The number of ether oxygens (including phenoxy) is 1. The summed E-state index contributed by atoms with van der Waals surface area (Å²) in [6, 6.07) is 13.0. The molecule has 9 heteroatoms. The first-order valence-corrected chi connectivity index (χ1v) is 9.78. The van der Waals surface area contributed by atoms with E-state index in [1.165, 1.54) is 0 Å². The van der Waals surface area contributed by atoms with Gasteiger partial charge in [-0.25, -0.2) is 4.98 Å².